The molecule has 1 N–H and O–H groups in total. The van der Waals surface area contributed by atoms with Crippen LogP contribution in [0, 0.1) is 10.1 Å². The van der Waals surface area contributed by atoms with Crippen molar-refractivity contribution in [3.63, 3.8) is 0 Å². The van der Waals surface area contributed by atoms with E-state index in [1.165, 1.54) is 0 Å². The first-order chi connectivity index (χ1) is 10.4. The second-order valence-electron chi connectivity index (χ2n) is 3.66. The fourth-order valence-electron chi connectivity index (χ4n) is 1.40. The Balaban J connectivity index is 0.000000541. The van der Waals surface area contributed by atoms with Gasteiger partial charge in [-0.3, -0.25) is 4.57 Å². The lowest BCUT2D eigenvalue weighted by atomic mass is 10.2. The third-order valence-corrected chi connectivity index (χ3v) is 3.84. The molecule has 0 atom stereocenters. The summed E-state index contributed by atoms with van der Waals surface area (Å²) in [6.07, 6.45) is 4.94. The lowest BCUT2D eigenvalue weighted by Gasteiger charge is -2.08. The molecule has 1 heterocycles. The maximum atomic E-state index is 8.36. The van der Waals surface area contributed by atoms with Gasteiger partial charge in [0.1, 0.15) is 10.9 Å². The van der Waals surface area contributed by atoms with Crippen molar-refractivity contribution in [3.05, 3.63) is 57.1 Å². The number of aromatic nitrogens is 2. The van der Waals surface area contributed by atoms with Crippen molar-refractivity contribution in [2.24, 2.45) is 0 Å². The second kappa shape index (κ2) is 8.62. The standard InChI is InChI=1S/C12H9BrCl2N2O.HNO3/c1-18-8-2-3-9(10(13)6-8)11(14)12(15)17-5-4-16-7-17;2-1(3)4/h2-7H,1H3;(H,2,3,4)/b12-11-;. The molecule has 0 spiro atoms. The van der Waals surface area contributed by atoms with E-state index in [2.05, 4.69) is 20.9 Å². The molecule has 7 nitrogen and oxygen atoms in total. The van der Waals surface area contributed by atoms with Crippen LogP contribution in [0.3, 0.4) is 0 Å². The first-order valence-corrected chi connectivity index (χ1v) is 7.12. The molecule has 22 heavy (non-hydrogen) atoms. The summed E-state index contributed by atoms with van der Waals surface area (Å²) in [6.45, 7) is 0. The number of halogens is 3. The monoisotopic (exact) mass is 409 g/mol. The predicted molar refractivity (Wildman–Crippen MR) is 86.5 cm³/mol. The maximum absolute atomic E-state index is 8.36. The number of rotatable bonds is 3. The summed E-state index contributed by atoms with van der Waals surface area (Å²) >= 11 is 15.9. The third kappa shape index (κ3) is 5.21. The van der Waals surface area contributed by atoms with Crippen molar-refractivity contribution in [2.75, 3.05) is 7.11 Å². The van der Waals surface area contributed by atoms with Gasteiger partial charge in [-0.25, -0.2) is 4.98 Å². The molecule has 0 aliphatic heterocycles. The van der Waals surface area contributed by atoms with E-state index >= 15 is 0 Å². The molecule has 2 rings (SSSR count). The molecule has 118 valence electrons. The smallest absolute Gasteiger partial charge is 0.291 e. The summed E-state index contributed by atoms with van der Waals surface area (Å²) in [5.74, 6) is 0.744. The minimum absolute atomic E-state index is 0.389. The molecule has 0 saturated heterocycles. The van der Waals surface area contributed by atoms with Crippen molar-refractivity contribution in [1.82, 2.24) is 9.55 Å². The average molecular weight is 411 g/mol. The Kier molecular flexibility index (Phi) is 7.16. The Morgan fingerprint density at radius 1 is 1.50 bits per heavy atom. The van der Waals surface area contributed by atoms with E-state index in [4.69, 9.17) is 43.3 Å². The van der Waals surface area contributed by atoms with Gasteiger partial charge in [-0.05, 0) is 34.1 Å². The molecule has 1 aromatic heterocycles. The van der Waals surface area contributed by atoms with Crippen LogP contribution in [0.25, 0.3) is 10.2 Å². The van der Waals surface area contributed by atoms with Crippen molar-refractivity contribution in [3.8, 4) is 5.75 Å². The topological polar surface area (TPSA) is 90.4 Å². The summed E-state index contributed by atoms with van der Waals surface area (Å²) < 4.78 is 7.57. The minimum atomic E-state index is -1.50. The largest absolute Gasteiger partial charge is 0.497 e. The maximum Gasteiger partial charge on any atom is 0.291 e. The zero-order valence-electron chi connectivity index (χ0n) is 11.1. The molecule has 0 aliphatic rings. The molecule has 0 radical (unpaired) electrons. The van der Waals surface area contributed by atoms with Crippen molar-refractivity contribution in [1.29, 1.82) is 0 Å². The highest BCUT2D eigenvalue weighted by atomic mass is 79.9. The van der Waals surface area contributed by atoms with E-state index in [-0.39, 0.29) is 0 Å². The van der Waals surface area contributed by atoms with Crippen molar-refractivity contribution >= 4 is 49.3 Å². The molecular formula is C12H10BrCl2N3O4. The molecule has 0 unspecified atom stereocenters. The number of benzene rings is 1. The Hall–Kier alpha value is -1.77. The van der Waals surface area contributed by atoms with Crippen molar-refractivity contribution in [2.45, 2.75) is 0 Å². The molecule has 1 aromatic carbocycles. The van der Waals surface area contributed by atoms with Gasteiger partial charge in [0.05, 0.1) is 18.5 Å². The first kappa shape index (κ1) is 18.3. The van der Waals surface area contributed by atoms with Crippen LogP contribution in [0.2, 0.25) is 0 Å². The summed E-state index contributed by atoms with van der Waals surface area (Å²) in [4.78, 5) is 12.3. The third-order valence-electron chi connectivity index (χ3n) is 2.32. The van der Waals surface area contributed by atoms with Crippen LogP contribution in [-0.4, -0.2) is 27.0 Å². The molecular weight excluding hydrogens is 401 g/mol. The van der Waals surface area contributed by atoms with Crippen LogP contribution in [0.1, 0.15) is 5.56 Å². The SMILES string of the molecule is COc1ccc(/C(Cl)=C(\Cl)n2ccnc2)c(Br)c1.O=[N+]([O-])O. The first-order valence-electron chi connectivity index (χ1n) is 5.57. The zero-order valence-corrected chi connectivity index (χ0v) is 14.2. The van der Waals surface area contributed by atoms with E-state index < -0.39 is 5.09 Å². The van der Waals surface area contributed by atoms with Crippen LogP contribution in [0.4, 0.5) is 0 Å². The Labute approximate surface area is 144 Å². The van der Waals surface area contributed by atoms with Gasteiger partial charge in [0, 0.05) is 22.4 Å². The molecule has 0 fully saturated rings. The van der Waals surface area contributed by atoms with Crippen LogP contribution in [-0.2, 0) is 0 Å². The molecule has 0 saturated carbocycles. The van der Waals surface area contributed by atoms with E-state index in [1.807, 2.05) is 18.2 Å². The molecule has 0 amide bonds. The number of hydrogen-bond acceptors (Lipinski definition) is 4. The van der Waals surface area contributed by atoms with Gasteiger partial charge in [-0.15, -0.1) is 10.1 Å². The van der Waals surface area contributed by atoms with Gasteiger partial charge in [0.2, 0.25) is 0 Å². The number of methoxy groups -OCH3 is 1. The van der Waals surface area contributed by atoms with Gasteiger partial charge in [0.25, 0.3) is 5.09 Å². The average Bonchev–Trinajstić information content (AvgIpc) is 2.99. The normalized spacial score (nSPS) is 11.1. The molecule has 0 bridgehead atoms. The lowest BCUT2D eigenvalue weighted by Crippen LogP contribution is -1.91. The van der Waals surface area contributed by atoms with E-state index in [1.54, 1.807) is 30.4 Å². The number of imidazole rings is 1. The van der Waals surface area contributed by atoms with Gasteiger partial charge in [-0.2, -0.15) is 0 Å². The Bertz CT molecular complexity index is 673. The number of nitrogens with zero attached hydrogens (tertiary/aromatic N) is 3. The quantitative estimate of drug-likeness (QED) is 0.608. The van der Waals surface area contributed by atoms with Gasteiger partial charge in [0.15, 0.2) is 0 Å². The van der Waals surface area contributed by atoms with Crippen LogP contribution < -0.4 is 4.74 Å². The fraction of sp³-hybridized carbons (Fsp3) is 0.0833. The summed E-state index contributed by atoms with van der Waals surface area (Å²) in [5.41, 5.74) is 0.788. The van der Waals surface area contributed by atoms with Crippen LogP contribution >= 0.6 is 39.1 Å². The van der Waals surface area contributed by atoms with Crippen LogP contribution in [0.15, 0.2) is 41.4 Å². The molecule has 10 heteroatoms. The van der Waals surface area contributed by atoms with E-state index in [0.717, 1.165) is 15.8 Å². The van der Waals surface area contributed by atoms with Gasteiger partial charge in [-0.1, -0.05) is 23.2 Å². The highest BCUT2D eigenvalue weighted by Gasteiger charge is 2.11. The highest BCUT2D eigenvalue weighted by Crippen LogP contribution is 2.35. The summed E-state index contributed by atoms with van der Waals surface area (Å²) in [7, 11) is 1.61. The van der Waals surface area contributed by atoms with Crippen molar-refractivity contribution < 1.29 is 15.0 Å². The number of hydrogen-bond donors (Lipinski definition) is 1. The molecule has 0 aliphatic carbocycles. The molecule has 2 aromatic rings. The summed E-state index contributed by atoms with van der Waals surface area (Å²) in [5, 5.41) is 14.5. The van der Waals surface area contributed by atoms with Crippen LogP contribution in [0.5, 0.6) is 5.75 Å². The second-order valence-corrected chi connectivity index (χ2v) is 5.25. The number of ether oxygens (including phenoxy) is 1. The van der Waals surface area contributed by atoms with Gasteiger partial charge < -0.3 is 9.94 Å². The van der Waals surface area contributed by atoms with Gasteiger partial charge >= 0.3 is 0 Å². The summed E-state index contributed by atoms with van der Waals surface area (Å²) in [6, 6.07) is 5.49. The predicted octanol–water partition coefficient (Wildman–Crippen LogP) is 4.07. The zero-order chi connectivity index (χ0) is 16.7. The minimum Gasteiger partial charge on any atom is -0.497 e. The van der Waals surface area contributed by atoms with E-state index in [0.29, 0.717) is 10.2 Å². The Morgan fingerprint density at radius 2 is 2.14 bits per heavy atom. The lowest BCUT2D eigenvalue weighted by molar-refractivity contribution is -0.742. The fourth-order valence-corrected chi connectivity index (χ4v) is 2.53. The Morgan fingerprint density at radius 3 is 2.59 bits per heavy atom. The highest BCUT2D eigenvalue weighted by molar-refractivity contribution is 9.10. The van der Waals surface area contributed by atoms with E-state index in [9.17, 15) is 0 Å².